The number of carbonyl (C=O) groups is 1. The molecule has 0 saturated carbocycles. The first-order valence-corrected chi connectivity index (χ1v) is 5.71. The van der Waals surface area contributed by atoms with Crippen LogP contribution in [0.5, 0.6) is 0 Å². The lowest BCUT2D eigenvalue weighted by Gasteiger charge is -2.12. The first-order chi connectivity index (χ1) is 8.66. The van der Waals surface area contributed by atoms with Crippen molar-refractivity contribution in [2.45, 2.75) is 13.0 Å². The van der Waals surface area contributed by atoms with Gasteiger partial charge in [-0.05, 0) is 30.2 Å². The van der Waals surface area contributed by atoms with Crippen molar-refractivity contribution in [2.75, 3.05) is 5.32 Å². The second-order valence-corrected chi connectivity index (χ2v) is 4.10. The fraction of sp³-hybridized carbons (Fsp3) is 0.143. The molecule has 1 aromatic carbocycles. The number of amides is 1. The van der Waals surface area contributed by atoms with Gasteiger partial charge in [0, 0.05) is 6.20 Å². The van der Waals surface area contributed by atoms with Crippen LogP contribution in [-0.2, 0) is 4.79 Å². The van der Waals surface area contributed by atoms with Crippen molar-refractivity contribution in [3.8, 4) is 0 Å². The van der Waals surface area contributed by atoms with E-state index in [9.17, 15) is 4.79 Å². The number of carbonyl (C=O) groups excluding carboxylic acids is 1. The highest BCUT2D eigenvalue weighted by atomic mass is 16.2. The maximum Gasteiger partial charge on any atom is 0.247 e. The molecule has 0 unspecified atom stereocenters. The zero-order valence-electron chi connectivity index (χ0n) is 10.1. The lowest BCUT2D eigenvalue weighted by molar-refractivity contribution is -0.117. The summed E-state index contributed by atoms with van der Waals surface area (Å²) in [6.07, 6.45) is 1.65. The molecule has 0 aliphatic heterocycles. The number of aryl methyl sites for hydroxylation is 1. The van der Waals surface area contributed by atoms with Crippen molar-refractivity contribution in [3.63, 3.8) is 0 Å². The van der Waals surface area contributed by atoms with E-state index >= 15 is 0 Å². The first-order valence-electron chi connectivity index (χ1n) is 5.71. The van der Waals surface area contributed by atoms with Gasteiger partial charge in [0.25, 0.3) is 0 Å². The summed E-state index contributed by atoms with van der Waals surface area (Å²) in [4.78, 5) is 16.0. The summed E-state index contributed by atoms with van der Waals surface area (Å²) in [5, 5.41) is 2.71. The maximum absolute atomic E-state index is 11.9. The molecule has 3 N–H and O–H groups in total. The fourth-order valence-electron chi connectivity index (χ4n) is 1.62. The highest BCUT2D eigenvalue weighted by Crippen LogP contribution is 2.12. The molecule has 0 fully saturated rings. The van der Waals surface area contributed by atoms with Crippen molar-refractivity contribution in [1.82, 2.24) is 4.98 Å². The van der Waals surface area contributed by atoms with Gasteiger partial charge in [0.2, 0.25) is 5.91 Å². The Kier molecular flexibility index (Phi) is 3.69. The number of pyridine rings is 1. The summed E-state index contributed by atoms with van der Waals surface area (Å²) in [6.45, 7) is 1.94. The van der Waals surface area contributed by atoms with E-state index in [4.69, 9.17) is 5.73 Å². The molecule has 1 atom stereocenters. The number of aromatic nitrogens is 1. The summed E-state index contributed by atoms with van der Waals surface area (Å²) < 4.78 is 0. The van der Waals surface area contributed by atoms with Crippen LogP contribution in [0.4, 0.5) is 5.82 Å². The van der Waals surface area contributed by atoms with Gasteiger partial charge in [-0.1, -0.05) is 30.3 Å². The van der Waals surface area contributed by atoms with E-state index in [1.54, 1.807) is 12.3 Å². The molecule has 18 heavy (non-hydrogen) atoms. The smallest absolute Gasteiger partial charge is 0.247 e. The summed E-state index contributed by atoms with van der Waals surface area (Å²) in [5.41, 5.74) is 7.70. The Hall–Kier alpha value is -2.20. The number of nitrogens with one attached hydrogen (secondary N) is 1. The Morgan fingerprint density at radius 3 is 2.67 bits per heavy atom. The predicted molar refractivity (Wildman–Crippen MR) is 71.0 cm³/mol. The molecule has 0 radical (unpaired) electrons. The quantitative estimate of drug-likeness (QED) is 0.864. The molecule has 0 aliphatic carbocycles. The standard InChI is InChI=1S/C14H15N3O/c1-10-7-8-16-12(9-10)17-14(18)13(15)11-5-3-2-4-6-11/h2-9,13H,15H2,1H3,(H,16,17,18)/t13-/m0/s1. The largest absolute Gasteiger partial charge is 0.316 e. The third-order valence-electron chi connectivity index (χ3n) is 2.61. The van der Waals surface area contributed by atoms with E-state index in [2.05, 4.69) is 10.3 Å². The van der Waals surface area contributed by atoms with Crippen LogP contribution in [0, 0.1) is 6.92 Å². The average Bonchev–Trinajstić information content (AvgIpc) is 2.39. The molecule has 1 aromatic heterocycles. The third kappa shape index (κ3) is 2.93. The molecule has 92 valence electrons. The van der Waals surface area contributed by atoms with E-state index in [-0.39, 0.29) is 5.91 Å². The Morgan fingerprint density at radius 1 is 1.28 bits per heavy atom. The van der Waals surface area contributed by atoms with Gasteiger partial charge in [-0.3, -0.25) is 4.79 Å². The number of nitrogens with zero attached hydrogens (tertiary/aromatic N) is 1. The van der Waals surface area contributed by atoms with Crippen molar-refractivity contribution in [2.24, 2.45) is 5.73 Å². The van der Waals surface area contributed by atoms with Crippen LogP contribution in [0.15, 0.2) is 48.7 Å². The molecule has 2 rings (SSSR count). The van der Waals surface area contributed by atoms with E-state index < -0.39 is 6.04 Å². The van der Waals surface area contributed by atoms with Gasteiger partial charge < -0.3 is 11.1 Å². The summed E-state index contributed by atoms with van der Waals surface area (Å²) in [5.74, 6) is 0.255. The fourth-order valence-corrected chi connectivity index (χ4v) is 1.62. The minimum absolute atomic E-state index is 0.265. The molecule has 4 heteroatoms. The minimum Gasteiger partial charge on any atom is -0.316 e. The Labute approximate surface area is 106 Å². The third-order valence-corrected chi connectivity index (χ3v) is 2.61. The van der Waals surface area contributed by atoms with Crippen LogP contribution >= 0.6 is 0 Å². The number of hydrogen-bond donors (Lipinski definition) is 2. The van der Waals surface area contributed by atoms with E-state index in [1.165, 1.54) is 0 Å². The molecule has 0 aliphatic rings. The molecule has 4 nitrogen and oxygen atoms in total. The first kappa shape index (κ1) is 12.3. The molecule has 0 spiro atoms. The second-order valence-electron chi connectivity index (χ2n) is 4.10. The van der Waals surface area contributed by atoms with Gasteiger partial charge in [0.1, 0.15) is 11.9 Å². The summed E-state index contributed by atoms with van der Waals surface area (Å²) >= 11 is 0. The second kappa shape index (κ2) is 5.42. The SMILES string of the molecule is Cc1ccnc(NC(=O)[C@@H](N)c2ccccc2)c1. The van der Waals surface area contributed by atoms with Gasteiger partial charge in [-0.15, -0.1) is 0 Å². The number of anilines is 1. The highest BCUT2D eigenvalue weighted by molar-refractivity contribution is 5.94. The van der Waals surface area contributed by atoms with Crippen molar-refractivity contribution in [1.29, 1.82) is 0 Å². The average molecular weight is 241 g/mol. The molecule has 0 saturated heterocycles. The van der Waals surface area contributed by atoms with E-state index in [0.717, 1.165) is 11.1 Å². The molecule has 1 heterocycles. The summed E-state index contributed by atoms with van der Waals surface area (Å²) in [7, 11) is 0. The number of benzene rings is 1. The van der Waals surface area contributed by atoms with Gasteiger partial charge in [-0.25, -0.2) is 4.98 Å². The predicted octanol–water partition coefficient (Wildman–Crippen LogP) is 2.03. The molecular weight excluding hydrogens is 226 g/mol. The van der Waals surface area contributed by atoms with Crippen LogP contribution in [0.1, 0.15) is 17.2 Å². The van der Waals surface area contributed by atoms with Crippen LogP contribution < -0.4 is 11.1 Å². The van der Waals surface area contributed by atoms with Crippen molar-refractivity contribution < 1.29 is 4.79 Å². The van der Waals surface area contributed by atoms with Gasteiger partial charge >= 0.3 is 0 Å². The number of hydrogen-bond acceptors (Lipinski definition) is 3. The number of rotatable bonds is 3. The van der Waals surface area contributed by atoms with Crippen LogP contribution in [-0.4, -0.2) is 10.9 Å². The van der Waals surface area contributed by atoms with Crippen molar-refractivity contribution >= 4 is 11.7 Å². The molecular formula is C14H15N3O. The van der Waals surface area contributed by atoms with Crippen LogP contribution in [0.25, 0.3) is 0 Å². The Balaban J connectivity index is 2.09. The van der Waals surface area contributed by atoms with Gasteiger partial charge in [-0.2, -0.15) is 0 Å². The topological polar surface area (TPSA) is 68.0 Å². The highest BCUT2D eigenvalue weighted by Gasteiger charge is 2.15. The molecule has 2 aromatic rings. The lowest BCUT2D eigenvalue weighted by atomic mass is 10.1. The number of nitrogens with two attached hydrogens (primary N) is 1. The zero-order chi connectivity index (χ0) is 13.0. The van der Waals surface area contributed by atoms with Gasteiger partial charge in [0.05, 0.1) is 0 Å². The molecule has 0 bridgehead atoms. The monoisotopic (exact) mass is 241 g/mol. The summed E-state index contributed by atoms with van der Waals surface area (Å²) in [6, 6.07) is 12.2. The molecule has 1 amide bonds. The minimum atomic E-state index is -0.687. The maximum atomic E-state index is 11.9. The zero-order valence-corrected chi connectivity index (χ0v) is 10.1. The lowest BCUT2D eigenvalue weighted by Crippen LogP contribution is -2.28. The Morgan fingerprint density at radius 2 is 2.00 bits per heavy atom. The van der Waals surface area contributed by atoms with Crippen LogP contribution in [0.3, 0.4) is 0 Å². The van der Waals surface area contributed by atoms with Gasteiger partial charge in [0.15, 0.2) is 0 Å². The van der Waals surface area contributed by atoms with E-state index in [0.29, 0.717) is 5.82 Å². The normalized spacial score (nSPS) is 11.9. The van der Waals surface area contributed by atoms with E-state index in [1.807, 2.05) is 43.3 Å². The Bertz CT molecular complexity index is 540. The van der Waals surface area contributed by atoms with Crippen molar-refractivity contribution in [3.05, 3.63) is 59.8 Å². The van der Waals surface area contributed by atoms with Crippen LogP contribution in [0.2, 0.25) is 0 Å².